The third kappa shape index (κ3) is 5.23. The van der Waals surface area contributed by atoms with Crippen molar-refractivity contribution in [3.63, 3.8) is 0 Å². The Morgan fingerprint density at radius 2 is 1.67 bits per heavy atom. The Morgan fingerprint density at radius 1 is 0.976 bits per heavy atom. The van der Waals surface area contributed by atoms with Crippen LogP contribution in [0.5, 0.6) is 11.5 Å². The van der Waals surface area contributed by atoms with Gasteiger partial charge in [-0.05, 0) is 73.9 Å². The SMILES string of the molecule is O=C(COc1ccc(Cl)c(F)c1)NC12CC(NC(=O)C3CN(S(=O)(=O)c4ccc(F)cc4)c4cc(Cl)ccc4O3)(C1)C2. The fraction of sp³-hybridized carbons (Fsp3) is 0.286. The van der Waals surface area contributed by atoms with Crippen LogP contribution in [-0.2, 0) is 19.6 Å². The molecule has 2 amide bonds. The number of benzene rings is 3. The van der Waals surface area contributed by atoms with E-state index in [-0.39, 0.29) is 45.3 Å². The topological polar surface area (TPSA) is 114 Å². The van der Waals surface area contributed by atoms with Gasteiger partial charge in [0.1, 0.15) is 23.1 Å². The summed E-state index contributed by atoms with van der Waals surface area (Å²) in [6.45, 7) is -0.653. The number of hydrogen-bond acceptors (Lipinski definition) is 6. The van der Waals surface area contributed by atoms with Gasteiger partial charge in [-0.25, -0.2) is 17.2 Å². The van der Waals surface area contributed by atoms with Crippen molar-refractivity contribution >= 4 is 50.7 Å². The summed E-state index contributed by atoms with van der Waals surface area (Å²) in [7, 11) is -4.19. The summed E-state index contributed by atoms with van der Waals surface area (Å²) in [5.74, 6) is -1.83. The standard InChI is InChI=1S/C28H23Cl2F2N3O6S/c29-16-1-8-23-22(9-16)35(42(38,39)19-5-2-17(31)3-6-19)11-24(41-23)26(37)34-28-13-27(14-28,15-28)33-25(36)12-40-18-4-7-20(30)21(32)10-18/h1-10,24H,11-15H2,(H,33,36)(H,34,37). The first-order valence-corrected chi connectivity index (χ1v) is 15.0. The molecule has 3 fully saturated rings. The zero-order chi connectivity index (χ0) is 29.9. The minimum absolute atomic E-state index is 0.0533. The van der Waals surface area contributed by atoms with Gasteiger partial charge in [0.25, 0.3) is 21.8 Å². The largest absolute Gasteiger partial charge is 0.484 e. The molecular formula is C28H23Cl2F2N3O6S. The number of carbonyl (C=O) groups excluding carboxylic acids is 2. The maximum Gasteiger partial charge on any atom is 0.264 e. The molecule has 7 rings (SSSR count). The molecule has 3 aromatic carbocycles. The van der Waals surface area contributed by atoms with E-state index in [0.29, 0.717) is 19.3 Å². The van der Waals surface area contributed by atoms with Crippen LogP contribution in [0.2, 0.25) is 10.0 Å². The number of nitrogens with zero attached hydrogens (tertiary/aromatic N) is 1. The zero-order valence-electron chi connectivity index (χ0n) is 21.7. The molecular weight excluding hydrogens is 615 g/mol. The van der Waals surface area contributed by atoms with Gasteiger partial charge in [0.05, 0.1) is 22.2 Å². The van der Waals surface area contributed by atoms with Crippen molar-refractivity contribution < 1.29 is 36.3 Å². The Morgan fingerprint density at radius 3 is 2.36 bits per heavy atom. The fourth-order valence-electron chi connectivity index (χ4n) is 5.76. The predicted molar refractivity (Wildman–Crippen MR) is 149 cm³/mol. The Bertz CT molecular complexity index is 1690. The molecule has 1 heterocycles. The first-order chi connectivity index (χ1) is 19.9. The molecule has 14 heteroatoms. The molecule has 1 aliphatic heterocycles. The number of nitrogens with one attached hydrogen (secondary N) is 2. The normalized spacial score (nSPS) is 23.9. The van der Waals surface area contributed by atoms with Crippen molar-refractivity contribution in [3.8, 4) is 11.5 Å². The van der Waals surface area contributed by atoms with Crippen molar-refractivity contribution in [2.45, 2.75) is 41.3 Å². The molecule has 0 saturated heterocycles. The molecule has 2 bridgehead atoms. The van der Waals surface area contributed by atoms with Gasteiger partial charge in [0, 0.05) is 22.2 Å². The Hall–Kier alpha value is -3.61. The van der Waals surface area contributed by atoms with E-state index in [1.807, 2.05) is 0 Å². The second-order valence-electron chi connectivity index (χ2n) is 10.7. The van der Waals surface area contributed by atoms with Crippen molar-refractivity contribution in [1.82, 2.24) is 10.6 Å². The summed E-state index contributed by atoms with van der Waals surface area (Å²) in [6, 6.07) is 12.7. The highest BCUT2D eigenvalue weighted by Gasteiger charge is 2.69. The van der Waals surface area contributed by atoms with Crippen molar-refractivity contribution in [2.24, 2.45) is 0 Å². The molecule has 3 saturated carbocycles. The van der Waals surface area contributed by atoms with Crippen LogP contribution in [0.15, 0.2) is 65.6 Å². The second-order valence-corrected chi connectivity index (χ2v) is 13.4. The van der Waals surface area contributed by atoms with E-state index >= 15 is 0 Å². The summed E-state index contributed by atoms with van der Waals surface area (Å²) in [4.78, 5) is 25.6. The Kier molecular flexibility index (Phi) is 6.98. The lowest BCUT2D eigenvalue weighted by atomic mass is 9.44. The molecule has 0 spiro atoms. The van der Waals surface area contributed by atoms with E-state index in [1.165, 1.54) is 30.3 Å². The lowest BCUT2D eigenvalue weighted by Gasteiger charge is -2.70. The smallest absolute Gasteiger partial charge is 0.264 e. The number of hydrogen-bond donors (Lipinski definition) is 2. The van der Waals surface area contributed by atoms with Crippen LogP contribution in [0.3, 0.4) is 0 Å². The van der Waals surface area contributed by atoms with Crippen LogP contribution in [0.25, 0.3) is 0 Å². The van der Waals surface area contributed by atoms with E-state index in [4.69, 9.17) is 32.7 Å². The van der Waals surface area contributed by atoms with Crippen molar-refractivity contribution in [2.75, 3.05) is 17.5 Å². The van der Waals surface area contributed by atoms with Crippen LogP contribution in [-0.4, -0.2) is 50.6 Å². The average molecular weight is 638 g/mol. The summed E-state index contributed by atoms with van der Waals surface area (Å²) >= 11 is 11.8. The molecule has 2 N–H and O–H groups in total. The fourth-order valence-corrected chi connectivity index (χ4v) is 7.52. The maximum absolute atomic E-state index is 13.6. The van der Waals surface area contributed by atoms with Gasteiger partial charge in [0.2, 0.25) is 0 Å². The third-order valence-electron chi connectivity index (χ3n) is 7.57. The van der Waals surface area contributed by atoms with E-state index < -0.39 is 50.7 Å². The number of carbonyl (C=O) groups is 2. The van der Waals surface area contributed by atoms with Gasteiger partial charge in [0.15, 0.2) is 12.7 Å². The molecule has 3 aromatic rings. The van der Waals surface area contributed by atoms with Gasteiger partial charge in [-0.3, -0.25) is 13.9 Å². The van der Waals surface area contributed by atoms with Gasteiger partial charge >= 0.3 is 0 Å². The molecule has 220 valence electrons. The lowest BCUT2D eigenvalue weighted by Crippen LogP contribution is -2.84. The lowest BCUT2D eigenvalue weighted by molar-refractivity contribution is -0.153. The van der Waals surface area contributed by atoms with E-state index in [9.17, 15) is 26.8 Å². The summed E-state index contributed by atoms with van der Waals surface area (Å²) in [5, 5.41) is 6.08. The van der Waals surface area contributed by atoms with Crippen molar-refractivity contribution in [3.05, 3.63) is 82.3 Å². The summed E-state index contributed by atoms with van der Waals surface area (Å²) < 4.78 is 66.3. The molecule has 9 nitrogen and oxygen atoms in total. The summed E-state index contributed by atoms with van der Waals surface area (Å²) in [5.41, 5.74) is -0.894. The van der Waals surface area contributed by atoms with Crippen LogP contribution in [0.1, 0.15) is 19.3 Å². The number of amides is 2. The number of anilines is 1. The van der Waals surface area contributed by atoms with Gasteiger partial charge in [-0.2, -0.15) is 0 Å². The van der Waals surface area contributed by atoms with Crippen LogP contribution in [0.4, 0.5) is 14.5 Å². The highest BCUT2D eigenvalue weighted by Crippen LogP contribution is 2.60. The Labute approximate surface area is 249 Å². The molecule has 4 aliphatic rings. The first kappa shape index (κ1) is 28.5. The van der Waals surface area contributed by atoms with Crippen LogP contribution < -0.4 is 24.4 Å². The van der Waals surface area contributed by atoms with Crippen molar-refractivity contribution in [1.29, 1.82) is 0 Å². The molecule has 1 unspecified atom stereocenters. The molecule has 42 heavy (non-hydrogen) atoms. The predicted octanol–water partition coefficient (Wildman–Crippen LogP) is 4.21. The minimum atomic E-state index is -4.19. The van der Waals surface area contributed by atoms with E-state index in [1.54, 1.807) is 0 Å². The van der Waals surface area contributed by atoms with Gasteiger partial charge in [-0.15, -0.1) is 0 Å². The first-order valence-electron chi connectivity index (χ1n) is 12.8. The summed E-state index contributed by atoms with van der Waals surface area (Å²) in [6.07, 6.45) is 0.248. The third-order valence-corrected chi connectivity index (χ3v) is 9.90. The monoisotopic (exact) mass is 637 g/mol. The number of fused-ring (bicyclic) bond motifs is 1. The van der Waals surface area contributed by atoms with Gasteiger partial charge < -0.3 is 20.1 Å². The molecule has 1 atom stereocenters. The number of ether oxygens (including phenoxy) is 2. The zero-order valence-corrected chi connectivity index (χ0v) is 24.0. The van der Waals surface area contributed by atoms with Gasteiger partial charge in [-0.1, -0.05) is 23.2 Å². The van der Waals surface area contributed by atoms with Crippen LogP contribution >= 0.6 is 23.2 Å². The average Bonchev–Trinajstić information content (AvgIpc) is 2.91. The number of rotatable bonds is 8. The van der Waals surface area contributed by atoms with Crippen LogP contribution in [0, 0.1) is 11.6 Å². The minimum Gasteiger partial charge on any atom is -0.484 e. The highest BCUT2D eigenvalue weighted by molar-refractivity contribution is 7.92. The molecule has 3 aliphatic carbocycles. The second kappa shape index (κ2) is 10.3. The number of sulfonamides is 1. The quantitative estimate of drug-likeness (QED) is 0.382. The highest BCUT2D eigenvalue weighted by atomic mass is 35.5. The van der Waals surface area contributed by atoms with E-state index in [0.717, 1.165) is 34.6 Å². The molecule has 0 aromatic heterocycles. The number of halogens is 4. The Balaban J connectivity index is 1.09. The molecule has 0 radical (unpaired) electrons. The maximum atomic E-state index is 13.6. The van der Waals surface area contributed by atoms with E-state index in [2.05, 4.69) is 10.6 Å².